The van der Waals surface area contributed by atoms with Crippen LogP contribution < -0.4 is 4.74 Å². The first-order valence-corrected chi connectivity index (χ1v) is 7.86. The van der Waals surface area contributed by atoms with Crippen molar-refractivity contribution in [1.82, 2.24) is 0 Å². The summed E-state index contributed by atoms with van der Waals surface area (Å²) in [5, 5.41) is 11.0. The molecule has 0 amide bonds. The second-order valence-corrected chi connectivity index (χ2v) is 6.31. The molecule has 23 heavy (non-hydrogen) atoms. The molecule has 0 saturated carbocycles. The fourth-order valence-electron chi connectivity index (χ4n) is 2.17. The minimum atomic E-state index is -0.735. The Morgan fingerprint density at radius 3 is 2.52 bits per heavy atom. The maximum absolute atomic E-state index is 12.4. The van der Waals surface area contributed by atoms with Gasteiger partial charge in [0, 0.05) is 10.5 Å². The molecule has 2 rings (SSSR count). The van der Waals surface area contributed by atoms with Crippen LogP contribution in [0.5, 0.6) is 5.75 Å². The third-order valence-corrected chi connectivity index (χ3v) is 4.29. The average Bonchev–Trinajstić information content (AvgIpc) is 2.50. The number of rotatable bonds is 4. The van der Waals surface area contributed by atoms with E-state index in [1.165, 1.54) is 18.2 Å². The number of nitro benzene ring substituents is 1. The van der Waals surface area contributed by atoms with Gasteiger partial charge in [-0.3, -0.25) is 10.1 Å². The van der Waals surface area contributed by atoms with Crippen molar-refractivity contribution < 1.29 is 14.5 Å². The smallest absolute Gasteiger partial charge is 0.350 e. The van der Waals surface area contributed by atoms with Gasteiger partial charge in [0.05, 0.1) is 4.92 Å². The molecule has 0 N–H and O–H groups in total. The second kappa shape index (κ2) is 6.91. The van der Waals surface area contributed by atoms with Gasteiger partial charge in [0.1, 0.15) is 11.3 Å². The minimum absolute atomic E-state index is 0.0622. The quantitative estimate of drug-likeness (QED) is 0.325. The summed E-state index contributed by atoms with van der Waals surface area (Å²) in [6.45, 7) is 5.86. The molecule has 0 atom stereocenters. The summed E-state index contributed by atoms with van der Waals surface area (Å²) in [4.78, 5) is 22.8. The molecular weight excluding hydrogens is 362 g/mol. The van der Waals surface area contributed by atoms with Crippen LogP contribution in [-0.2, 0) is 0 Å². The summed E-state index contributed by atoms with van der Waals surface area (Å²) >= 11 is 3.46. The summed E-state index contributed by atoms with van der Waals surface area (Å²) in [7, 11) is 0. The Hall–Kier alpha value is -2.21. The van der Waals surface area contributed by atoms with Crippen LogP contribution >= 0.6 is 15.9 Å². The first-order chi connectivity index (χ1) is 10.8. The van der Waals surface area contributed by atoms with Crippen molar-refractivity contribution in [3.63, 3.8) is 0 Å². The van der Waals surface area contributed by atoms with Crippen molar-refractivity contribution in [2.24, 2.45) is 0 Å². The molecule has 0 heterocycles. The maximum atomic E-state index is 12.4. The molecule has 0 spiro atoms. The molecule has 2 aromatic carbocycles. The Morgan fingerprint density at radius 1 is 1.26 bits per heavy atom. The van der Waals surface area contributed by atoms with Crippen molar-refractivity contribution in [1.29, 1.82) is 0 Å². The summed E-state index contributed by atoms with van der Waals surface area (Å²) in [6.07, 6.45) is 0. The first kappa shape index (κ1) is 17.1. The Labute approximate surface area is 142 Å². The highest BCUT2D eigenvalue weighted by Gasteiger charge is 2.22. The predicted molar refractivity (Wildman–Crippen MR) is 91.0 cm³/mol. The van der Waals surface area contributed by atoms with E-state index in [4.69, 9.17) is 4.74 Å². The number of benzene rings is 2. The molecular formula is C17H16BrNO4. The van der Waals surface area contributed by atoms with E-state index in [2.05, 4.69) is 15.9 Å². The summed E-state index contributed by atoms with van der Waals surface area (Å²) < 4.78 is 6.38. The number of aryl methyl sites for hydroxylation is 1. The average molecular weight is 378 g/mol. The van der Waals surface area contributed by atoms with Gasteiger partial charge < -0.3 is 4.74 Å². The fraction of sp³-hybridized carbons (Fsp3) is 0.235. The summed E-state index contributed by atoms with van der Waals surface area (Å²) in [6, 6.07) is 9.42. The number of ether oxygens (including phenoxy) is 1. The van der Waals surface area contributed by atoms with E-state index >= 15 is 0 Å². The molecule has 0 fully saturated rings. The summed E-state index contributed by atoms with van der Waals surface area (Å²) in [5.41, 5.74) is 1.44. The molecule has 5 nitrogen and oxygen atoms in total. The molecule has 120 valence electrons. The van der Waals surface area contributed by atoms with E-state index in [9.17, 15) is 14.9 Å². The van der Waals surface area contributed by atoms with Crippen LogP contribution in [0.3, 0.4) is 0 Å². The molecule has 0 aliphatic carbocycles. The zero-order valence-corrected chi connectivity index (χ0v) is 14.6. The van der Waals surface area contributed by atoms with E-state index in [1.807, 2.05) is 26.8 Å². The maximum Gasteiger partial charge on any atom is 0.350 e. The largest absolute Gasteiger partial charge is 0.422 e. The monoisotopic (exact) mass is 377 g/mol. The van der Waals surface area contributed by atoms with Crippen LogP contribution in [0.4, 0.5) is 5.69 Å². The van der Waals surface area contributed by atoms with E-state index < -0.39 is 10.9 Å². The third kappa shape index (κ3) is 3.76. The molecule has 0 aliphatic heterocycles. The van der Waals surface area contributed by atoms with E-state index in [1.54, 1.807) is 12.1 Å². The number of carbonyl (C=O) groups is 1. The van der Waals surface area contributed by atoms with E-state index in [0.717, 1.165) is 15.6 Å². The van der Waals surface area contributed by atoms with Crippen molar-refractivity contribution in [3.8, 4) is 5.75 Å². The highest BCUT2D eigenvalue weighted by atomic mass is 79.9. The van der Waals surface area contributed by atoms with Gasteiger partial charge in [-0.05, 0) is 42.2 Å². The van der Waals surface area contributed by atoms with Crippen molar-refractivity contribution >= 4 is 27.6 Å². The van der Waals surface area contributed by atoms with Gasteiger partial charge in [0.15, 0.2) is 0 Å². The number of hydrogen-bond donors (Lipinski definition) is 0. The molecule has 2 aromatic rings. The van der Waals surface area contributed by atoms with Gasteiger partial charge in [-0.25, -0.2) is 4.79 Å². The number of hydrogen-bond acceptors (Lipinski definition) is 4. The predicted octanol–water partition coefficient (Wildman–Crippen LogP) is 5.01. The highest BCUT2D eigenvalue weighted by Crippen LogP contribution is 2.33. The lowest BCUT2D eigenvalue weighted by Gasteiger charge is -2.15. The van der Waals surface area contributed by atoms with Gasteiger partial charge in [-0.1, -0.05) is 41.9 Å². The van der Waals surface area contributed by atoms with E-state index in [-0.39, 0.29) is 17.2 Å². The van der Waals surface area contributed by atoms with Crippen LogP contribution in [-0.4, -0.2) is 10.9 Å². The lowest BCUT2D eigenvalue weighted by Crippen LogP contribution is -2.12. The normalized spacial score (nSPS) is 10.7. The Bertz CT molecular complexity index is 771. The Balaban J connectivity index is 2.42. The molecule has 0 aromatic heterocycles. The number of nitrogens with zero attached hydrogens (tertiary/aromatic N) is 1. The van der Waals surface area contributed by atoms with E-state index in [0.29, 0.717) is 5.75 Å². The van der Waals surface area contributed by atoms with Crippen LogP contribution in [0.1, 0.15) is 41.3 Å². The topological polar surface area (TPSA) is 69.4 Å². The Morgan fingerprint density at radius 2 is 1.91 bits per heavy atom. The van der Waals surface area contributed by atoms with Crippen LogP contribution in [0.25, 0.3) is 0 Å². The molecule has 0 bridgehead atoms. The number of para-hydroxylation sites is 1. The molecule has 6 heteroatoms. The number of nitro groups is 1. The standard InChI is InChI=1S/C17H16BrNO4/c1-10(2)13-9-14(18)11(3)8-16(13)23-17(20)12-6-4-5-7-15(12)19(21)22/h4-10H,1-3H3. The minimum Gasteiger partial charge on any atom is -0.422 e. The molecule has 0 unspecified atom stereocenters. The van der Waals surface area contributed by atoms with Crippen LogP contribution in [0.2, 0.25) is 0 Å². The lowest BCUT2D eigenvalue weighted by molar-refractivity contribution is -0.385. The zero-order valence-electron chi connectivity index (χ0n) is 13.0. The zero-order chi connectivity index (χ0) is 17.1. The molecule has 0 saturated heterocycles. The molecule has 0 radical (unpaired) electrons. The lowest BCUT2D eigenvalue weighted by atomic mass is 10.0. The Kier molecular flexibility index (Phi) is 5.15. The SMILES string of the molecule is Cc1cc(OC(=O)c2ccccc2[N+](=O)[O-])c(C(C)C)cc1Br. The van der Waals surface area contributed by atoms with Crippen molar-refractivity contribution in [2.75, 3.05) is 0 Å². The summed E-state index contributed by atoms with van der Waals surface area (Å²) in [5.74, 6) is -0.176. The van der Waals surface area contributed by atoms with Crippen LogP contribution in [0, 0.1) is 17.0 Å². The van der Waals surface area contributed by atoms with Crippen molar-refractivity contribution in [2.45, 2.75) is 26.7 Å². The van der Waals surface area contributed by atoms with Crippen LogP contribution in [0.15, 0.2) is 40.9 Å². The fourth-order valence-corrected chi connectivity index (χ4v) is 2.53. The molecule has 0 aliphatic rings. The van der Waals surface area contributed by atoms with Gasteiger partial charge in [0.25, 0.3) is 5.69 Å². The number of halogens is 1. The van der Waals surface area contributed by atoms with Crippen molar-refractivity contribution in [3.05, 3.63) is 67.7 Å². The van der Waals surface area contributed by atoms with Gasteiger partial charge in [-0.2, -0.15) is 0 Å². The number of carbonyl (C=O) groups excluding carboxylic acids is 1. The highest BCUT2D eigenvalue weighted by molar-refractivity contribution is 9.10. The third-order valence-electron chi connectivity index (χ3n) is 3.44. The van der Waals surface area contributed by atoms with Gasteiger partial charge >= 0.3 is 5.97 Å². The van der Waals surface area contributed by atoms with Gasteiger partial charge in [0.2, 0.25) is 0 Å². The number of esters is 1. The second-order valence-electron chi connectivity index (χ2n) is 5.46. The van der Waals surface area contributed by atoms with Gasteiger partial charge in [-0.15, -0.1) is 0 Å². The first-order valence-electron chi connectivity index (χ1n) is 7.07.